The van der Waals surface area contributed by atoms with Crippen LogP contribution in [0.1, 0.15) is 163 Å². The fraction of sp³-hybridized carbons (Fsp3) is 1.00. The van der Waals surface area contributed by atoms with Crippen LogP contribution in [-0.4, -0.2) is 0 Å². The summed E-state index contributed by atoms with van der Waals surface area (Å²) in [7, 11) is 0. The van der Waals surface area contributed by atoms with E-state index in [0.29, 0.717) is 0 Å². The van der Waals surface area contributed by atoms with Crippen LogP contribution in [0.3, 0.4) is 0 Å². The van der Waals surface area contributed by atoms with E-state index < -0.39 is 0 Å². The summed E-state index contributed by atoms with van der Waals surface area (Å²) >= 11 is 0. The highest BCUT2D eigenvalue weighted by Crippen LogP contribution is 2.12. The van der Waals surface area contributed by atoms with E-state index in [1.807, 2.05) is 0 Å². The van der Waals surface area contributed by atoms with Gasteiger partial charge in [-0.15, -0.1) is 0 Å². The third-order valence-electron chi connectivity index (χ3n) is 5.16. The summed E-state index contributed by atoms with van der Waals surface area (Å²) in [5.74, 6) is 0. The molecule has 0 saturated carbocycles. The van der Waals surface area contributed by atoms with Crippen molar-refractivity contribution in [3.8, 4) is 0 Å². The normalized spacial score (nSPS) is 10.6. The Hall–Kier alpha value is 0. The number of unbranched alkanes of at least 4 members (excludes halogenated alkanes) is 19. The van der Waals surface area contributed by atoms with Crippen molar-refractivity contribution in [2.24, 2.45) is 0 Å². The lowest BCUT2D eigenvalue weighted by Crippen LogP contribution is -1.82. The molecule has 154 valence electrons. The lowest BCUT2D eigenvalue weighted by atomic mass is 10.0. The van der Waals surface area contributed by atoms with E-state index in [2.05, 4.69) is 27.7 Å². The zero-order valence-electron chi connectivity index (χ0n) is 18.8. The maximum Gasteiger partial charge on any atom is -0.0533 e. The lowest BCUT2D eigenvalue weighted by Gasteiger charge is -2.02. The molecule has 0 rings (SSSR count). The first-order valence-corrected chi connectivity index (χ1v) is 12.3. The minimum absolute atomic E-state index is 1.37. The molecule has 0 unspecified atom stereocenters. The first kappa shape index (κ1) is 27.2. The quantitative estimate of drug-likeness (QED) is 0.202. The summed E-state index contributed by atoms with van der Waals surface area (Å²) in [6.07, 6.45) is 30.4. The Bertz CT molecular complexity index is 164. The van der Waals surface area contributed by atoms with E-state index in [0.717, 1.165) is 0 Å². The molecule has 0 fully saturated rings. The molecule has 0 spiro atoms. The SMILES string of the molecule is CCCCCCCCC.CCCCCCCCCCCCCCCC. The van der Waals surface area contributed by atoms with Gasteiger partial charge in [-0.1, -0.05) is 163 Å². The van der Waals surface area contributed by atoms with E-state index in [9.17, 15) is 0 Å². The fourth-order valence-corrected chi connectivity index (χ4v) is 3.30. The minimum Gasteiger partial charge on any atom is -0.0654 e. The Morgan fingerprint density at radius 3 is 0.440 bits per heavy atom. The van der Waals surface area contributed by atoms with E-state index in [1.165, 1.54) is 135 Å². The fourth-order valence-electron chi connectivity index (χ4n) is 3.30. The Labute approximate surface area is 163 Å². The second kappa shape index (κ2) is 28.8. The van der Waals surface area contributed by atoms with Gasteiger partial charge in [0.1, 0.15) is 0 Å². The molecule has 0 amide bonds. The number of rotatable bonds is 19. The maximum atomic E-state index is 2.29. The Balaban J connectivity index is 0. The highest BCUT2D eigenvalue weighted by atomic mass is 14.0. The number of hydrogen-bond donors (Lipinski definition) is 0. The largest absolute Gasteiger partial charge is 0.0654 e. The van der Waals surface area contributed by atoms with Gasteiger partial charge < -0.3 is 0 Å². The van der Waals surface area contributed by atoms with Crippen LogP contribution >= 0.6 is 0 Å². The molecule has 0 bridgehead atoms. The molecule has 0 aliphatic heterocycles. The van der Waals surface area contributed by atoms with Crippen LogP contribution < -0.4 is 0 Å². The monoisotopic (exact) mass is 354 g/mol. The van der Waals surface area contributed by atoms with Crippen LogP contribution in [0.15, 0.2) is 0 Å². The van der Waals surface area contributed by atoms with Crippen molar-refractivity contribution >= 4 is 0 Å². The van der Waals surface area contributed by atoms with Crippen molar-refractivity contribution in [3.63, 3.8) is 0 Å². The lowest BCUT2D eigenvalue weighted by molar-refractivity contribution is 0.538. The molecular formula is C25H54. The molecule has 0 nitrogen and oxygen atoms in total. The van der Waals surface area contributed by atoms with Crippen molar-refractivity contribution < 1.29 is 0 Å². The average molecular weight is 355 g/mol. The topological polar surface area (TPSA) is 0 Å². The molecule has 0 N–H and O–H groups in total. The van der Waals surface area contributed by atoms with Crippen LogP contribution in [0.5, 0.6) is 0 Å². The van der Waals surface area contributed by atoms with Crippen molar-refractivity contribution in [1.82, 2.24) is 0 Å². The standard InChI is InChI=1S/C16H34.C9H20/c1-3-5-7-9-11-13-15-16-14-12-10-8-6-4-2;1-3-5-7-9-8-6-4-2/h3-16H2,1-2H3;3-9H2,1-2H3. The predicted molar refractivity (Wildman–Crippen MR) is 120 cm³/mol. The van der Waals surface area contributed by atoms with Gasteiger partial charge in [0.15, 0.2) is 0 Å². The van der Waals surface area contributed by atoms with Gasteiger partial charge in [0, 0.05) is 0 Å². The predicted octanol–water partition coefficient (Wildman–Crippen LogP) is 10.2. The van der Waals surface area contributed by atoms with Crippen LogP contribution in [0, 0.1) is 0 Å². The third kappa shape index (κ3) is 32.2. The smallest absolute Gasteiger partial charge is 0.0533 e. The summed E-state index contributed by atoms with van der Waals surface area (Å²) in [6, 6.07) is 0. The maximum absolute atomic E-state index is 2.29. The summed E-state index contributed by atoms with van der Waals surface area (Å²) in [6.45, 7) is 9.11. The molecule has 0 radical (unpaired) electrons. The summed E-state index contributed by atoms with van der Waals surface area (Å²) < 4.78 is 0. The van der Waals surface area contributed by atoms with Crippen molar-refractivity contribution in [1.29, 1.82) is 0 Å². The molecule has 0 aliphatic carbocycles. The molecule has 25 heavy (non-hydrogen) atoms. The van der Waals surface area contributed by atoms with Gasteiger partial charge >= 0.3 is 0 Å². The zero-order chi connectivity index (χ0) is 18.8. The van der Waals surface area contributed by atoms with E-state index in [-0.39, 0.29) is 0 Å². The number of hydrogen-bond acceptors (Lipinski definition) is 0. The van der Waals surface area contributed by atoms with E-state index in [4.69, 9.17) is 0 Å². The van der Waals surface area contributed by atoms with Crippen molar-refractivity contribution in [2.75, 3.05) is 0 Å². The van der Waals surface area contributed by atoms with Gasteiger partial charge in [0.2, 0.25) is 0 Å². The average Bonchev–Trinajstić information content (AvgIpc) is 2.63. The Kier molecular flexibility index (Phi) is 31.3. The van der Waals surface area contributed by atoms with Crippen molar-refractivity contribution in [3.05, 3.63) is 0 Å². The Morgan fingerprint density at radius 2 is 0.320 bits per heavy atom. The Morgan fingerprint density at radius 1 is 0.200 bits per heavy atom. The van der Waals surface area contributed by atoms with Crippen LogP contribution in [0.4, 0.5) is 0 Å². The van der Waals surface area contributed by atoms with Crippen LogP contribution in [-0.2, 0) is 0 Å². The summed E-state index contributed by atoms with van der Waals surface area (Å²) in [4.78, 5) is 0. The molecule has 0 atom stereocenters. The molecule has 0 aromatic heterocycles. The summed E-state index contributed by atoms with van der Waals surface area (Å²) in [5, 5.41) is 0. The molecule has 0 aromatic rings. The highest BCUT2D eigenvalue weighted by molar-refractivity contribution is 4.48. The second-order valence-corrected chi connectivity index (χ2v) is 8.01. The second-order valence-electron chi connectivity index (χ2n) is 8.01. The molecule has 0 saturated heterocycles. The summed E-state index contributed by atoms with van der Waals surface area (Å²) in [5.41, 5.74) is 0. The van der Waals surface area contributed by atoms with Crippen LogP contribution in [0.2, 0.25) is 0 Å². The van der Waals surface area contributed by atoms with Gasteiger partial charge in [-0.3, -0.25) is 0 Å². The molecule has 0 aliphatic rings. The van der Waals surface area contributed by atoms with Gasteiger partial charge in [-0.05, 0) is 0 Å². The van der Waals surface area contributed by atoms with Gasteiger partial charge in [0.05, 0.1) is 0 Å². The third-order valence-corrected chi connectivity index (χ3v) is 5.16. The molecule has 0 aromatic carbocycles. The zero-order valence-corrected chi connectivity index (χ0v) is 18.8. The first-order chi connectivity index (χ1) is 12.3. The molecular weight excluding hydrogens is 300 g/mol. The van der Waals surface area contributed by atoms with Crippen molar-refractivity contribution in [2.45, 2.75) is 163 Å². The van der Waals surface area contributed by atoms with Gasteiger partial charge in [-0.2, -0.15) is 0 Å². The minimum atomic E-state index is 1.37. The van der Waals surface area contributed by atoms with E-state index >= 15 is 0 Å². The van der Waals surface area contributed by atoms with E-state index in [1.54, 1.807) is 0 Å². The van der Waals surface area contributed by atoms with Crippen LogP contribution in [0.25, 0.3) is 0 Å². The van der Waals surface area contributed by atoms with Gasteiger partial charge in [-0.25, -0.2) is 0 Å². The van der Waals surface area contributed by atoms with Gasteiger partial charge in [0.25, 0.3) is 0 Å². The first-order valence-electron chi connectivity index (χ1n) is 12.3. The highest BCUT2D eigenvalue weighted by Gasteiger charge is 1.92. The molecule has 0 heterocycles. The molecule has 0 heteroatoms.